The number of nitrogens with two attached hydrogens (primary N) is 1. The van der Waals surface area contributed by atoms with Crippen molar-refractivity contribution >= 4 is 55.9 Å². The van der Waals surface area contributed by atoms with Gasteiger partial charge >= 0.3 is 0 Å². The highest BCUT2D eigenvalue weighted by molar-refractivity contribution is 7.94. The highest BCUT2D eigenvalue weighted by Crippen LogP contribution is 2.26. The molecule has 0 saturated carbocycles. The van der Waals surface area contributed by atoms with Gasteiger partial charge in [0.05, 0.1) is 10.6 Å². The van der Waals surface area contributed by atoms with Crippen LogP contribution in [0.4, 0.5) is 10.1 Å². The molecule has 0 unspecified atom stereocenters. The van der Waals surface area contributed by atoms with E-state index in [1.807, 2.05) is 0 Å². The summed E-state index contributed by atoms with van der Waals surface area (Å²) in [4.78, 5) is 0.567. The number of hydrogen-bond donors (Lipinski definition) is 2. The third kappa shape index (κ3) is 3.26. The average molecular weight is 351 g/mol. The van der Waals surface area contributed by atoms with E-state index < -0.39 is 15.8 Å². The SMILES string of the molecule is NC(=S)c1ccc(S(=O)(=O)Nc2cc(Cl)ccc2F)s1. The lowest BCUT2D eigenvalue weighted by Gasteiger charge is -2.07. The van der Waals surface area contributed by atoms with E-state index in [1.165, 1.54) is 24.3 Å². The summed E-state index contributed by atoms with van der Waals surface area (Å²) in [6.07, 6.45) is 0. The van der Waals surface area contributed by atoms with E-state index in [4.69, 9.17) is 29.6 Å². The summed E-state index contributed by atoms with van der Waals surface area (Å²) in [5.41, 5.74) is 5.20. The maximum Gasteiger partial charge on any atom is 0.271 e. The molecular weight excluding hydrogens is 343 g/mol. The summed E-state index contributed by atoms with van der Waals surface area (Å²) in [5.74, 6) is -0.718. The number of rotatable bonds is 4. The van der Waals surface area contributed by atoms with Crippen LogP contribution in [0.1, 0.15) is 4.88 Å². The first-order valence-electron chi connectivity index (χ1n) is 5.17. The van der Waals surface area contributed by atoms with Crippen molar-refractivity contribution in [1.82, 2.24) is 0 Å². The lowest BCUT2D eigenvalue weighted by molar-refractivity contribution is 0.600. The lowest BCUT2D eigenvalue weighted by Crippen LogP contribution is -2.12. The Morgan fingerprint density at radius 3 is 2.65 bits per heavy atom. The van der Waals surface area contributed by atoms with Crippen LogP contribution in [-0.2, 0) is 10.0 Å². The van der Waals surface area contributed by atoms with Crippen LogP contribution in [-0.4, -0.2) is 13.4 Å². The molecule has 1 aromatic heterocycles. The number of thiophene rings is 1. The Labute approximate surface area is 129 Å². The minimum absolute atomic E-state index is 0.0142. The second kappa shape index (κ2) is 5.65. The lowest BCUT2D eigenvalue weighted by atomic mass is 10.3. The molecular formula is C11H8ClFN2O2S3. The minimum Gasteiger partial charge on any atom is -0.389 e. The van der Waals surface area contributed by atoms with Crippen LogP contribution < -0.4 is 10.5 Å². The monoisotopic (exact) mass is 350 g/mol. The van der Waals surface area contributed by atoms with Crippen LogP contribution >= 0.6 is 35.2 Å². The number of nitrogens with one attached hydrogen (secondary N) is 1. The molecule has 0 aliphatic carbocycles. The van der Waals surface area contributed by atoms with Crippen molar-refractivity contribution in [3.8, 4) is 0 Å². The largest absolute Gasteiger partial charge is 0.389 e. The van der Waals surface area contributed by atoms with Gasteiger partial charge in [-0.15, -0.1) is 11.3 Å². The maximum absolute atomic E-state index is 13.5. The highest BCUT2D eigenvalue weighted by Gasteiger charge is 2.19. The highest BCUT2D eigenvalue weighted by atomic mass is 35.5. The van der Waals surface area contributed by atoms with Gasteiger partial charge in [0, 0.05) is 5.02 Å². The molecule has 1 heterocycles. The van der Waals surface area contributed by atoms with E-state index in [-0.39, 0.29) is 19.9 Å². The summed E-state index contributed by atoms with van der Waals surface area (Å²) in [6, 6.07) is 6.44. The van der Waals surface area contributed by atoms with Crippen LogP contribution in [0.15, 0.2) is 34.5 Å². The van der Waals surface area contributed by atoms with Crippen molar-refractivity contribution in [1.29, 1.82) is 0 Å². The van der Waals surface area contributed by atoms with E-state index in [0.717, 1.165) is 17.4 Å². The fourth-order valence-electron chi connectivity index (χ4n) is 1.37. The molecule has 4 nitrogen and oxygen atoms in total. The van der Waals surface area contributed by atoms with Crippen molar-refractivity contribution in [2.24, 2.45) is 5.73 Å². The third-order valence-electron chi connectivity index (χ3n) is 2.26. The minimum atomic E-state index is -3.91. The van der Waals surface area contributed by atoms with Crippen LogP contribution in [0, 0.1) is 5.82 Å². The first-order chi connectivity index (χ1) is 9.29. The number of benzene rings is 1. The van der Waals surface area contributed by atoms with Gasteiger partial charge in [0.25, 0.3) is 10.0 Å². The molecule has 0 aliphatic heterocycles. The molecule has 3 N–H and O–H groups in total. The van der Waals surface area contributed by atoms with Gasteiger partial charge in [0.15, 0.2) is 0 Å². The van der Waals surface area contributed by atoms with E-state index in [0.29, 0.717) is 4.88 Å². The van der Waals surface area contributed by atoms with Crippen molar-refractivity contribution in [2.75, 3.05) is 4.72 Å². The van der Waals surface area contributed by atoms with Gasteiger partial charge in [0.1, 0.15) is 15.0 Å². The Hall–Kier alpha value is -1.22. The maximum atomic E-state index is 13.5. The third-order valence-corrected chi connectivity index (χ3v) is 5.82. The van der Waals surface area contributed by atoms with E-state index in [1.54, 1.807) is 0 Å². The molecule has 0 bridgehead atoms. The zero-order chi connectivity index (χ0) is 14.9. The fourth-order valence-corrected chi connectivity index (χ4v) is 3.95. The van der Waals surface area contributed by atoms with E-state index in [2.05, 4.69) is 4.72 Å². The number of anilines is 1. The van der Waals surface area contributed by atoms with Crippen LogP contribution in [0.3, 0.4) is 0 Å². The van der Waals surface area contributed by atoms with Crippen LogP contribution in [0.25, 0.3) is 0 Å². The second-order valence-electron chi connectivity index (χ2n) is 3.71. The number of halogens is 2. The molecule has 0 spiro atoms. The van der Waals surface area contributed by atoms with Gasteiger partial charge in [-0.2, -0.15) is 0 Å². The summed E-state index contributed by atoms with van der Waals surface area (Å²) >= 11 is 11.4. The number of hydrogen-bond acceptors (Lipinski definition) is 4. The number of sulfonamides is 1. The van der Waals surface area contributed by atoms with Crippen molar-refractivity contribution < 1.29 is 12.8 Å². The van der Waals surface area contributed by atoms with Gasteiger partial charge in [-0.25, -0.2) is 12.8 Å². The number of thiocarbonyl (C=S) groups is 1. The molecule has 0 saturated heterocycles. The predicted octanol–water partition coefficient (Wildman–Crippen LogP) is 2.98. The zero-order valence-electron chi connectivity index (χ0n) is 9.76. The summed E-state index contributed by atoms with van der Waals surface area (Å²) < 4.78 is 39.9. The van der Waals surface area contributed by atoms with Crippen LogP contribution in [0.5, 0.6) is 0 Å². The van der Waals surface area contributed by atoms with Crippen molar-refractivity contribution in [2.45, 2.75) is 4.21 Å². The Morgan fingerprint density at radius 1 is 1.35 bits per heavy atom. The quantitative estimate of drug-likeness (QED) is 0.831. The molecule has 9 heteroatoms. The zero-order valence-corrected chi connectivity index (χ0v) is 13.0. The molecule has 0 radical (unpaired) electrons. The van der Waals surface area contributed by atoms with E-state index >= 15 is 0 Å². The summed E-state index contributed by atoms with van der Waals surface area (Å²) in [7, 11) is -3.91. The standard InChI is InChI=1S/C11H8ClFN2O2S3/c12-6-1-2-7(13)8(5-6)15-20(16,17)10-4-3-9(19-10)11(14)18/h1-5,15H,(H2,14,18). The van der Waals surface area contributed by atoms with Crippen LogP contribution in [0.2, 0.25) is 5.02 Å². The van der Waals surface area contributed by atoms with Gasteiger partial charge in [-0.05, 0) is 30.3 Å². The Balaban J connectivity index is 2.35. The average Bonchev–Trinajstić information content (AvgIpc) is 2.84. The molecule has 0 atom stereocenters. The van der Waals surface area contributed by atoms with Gasteiger partial charge in [-0.3, -0.25) is 4.72 Å². The Bertz CT molecular complexity index is 774. The van der Waals surface area contributed by atoms with E-state index in [9.17, 15) is 12.8 Å². The Kier molecular flexibility index (Phi) is 4.28. The smallest absolute Gasteiger partial charge is 0.271 e. The molecule has 2 aromatic rings. The topological polar surface area (TPSA) is 72.2 Å². The first kappa shape index (κ1) is 15.2. The molecule has 106 valence electrons. The van der Waals surface area contributed by atoms with Gasteiger partial charge in [0.2, 0.25) is 0 Å². The fraction of sp³-hybridized carbons (Fsp3) is 0. The second-order valence-corrected chi connectivity index (χ2v) is 7.58. The van der Waals surface area contributed by atoms with Crippen molar-refractivity contribution in [3.63, 3.8) is 0 Å². The first-order valence-corrected chi connectivity index (χ1v) is 8.26. The molecule has 0 fully saturated rings. The normalized spacial score (nSPS) is 11.3. The van der Waals surface area contributed by atoms with Gasteiger partial charge < -0.3 is 5.73 Å². The molecule has 1 aromatic carbocycles. The predicted molar refractivity (Wildman–Crippen MR) is 82.4 cm³/mol. The molecule has 2 rings (SSSR count). The molecule has 0 aliphatic rings. The molecule has 0 amide bonds. The van der Waals surface area contributed by atoms with Gasteiger partial charge in [-0.1, -0.05) is 23.8 Å². The Morgan fingerprint density at radius 2 is 2.05 bits per heavy atom. The van der Waals surface area contributed by atoms with Crippen molar-refractivity contribution in [3.05, 3.63) is 46.0 Å². The summed E-state index contributed by atoms with van der Waals surface area (Å²) in [6.45, 7) is 0. The molecule has 20 heavy (non-hydrogen) atoms. The summed E-state index contributed by atoms with van der Waals surface area (Å²) in [5, 5.41) is 0.221.